The van der Waals surface area contributed by atoms with Crippen molar-refractivity contribution in [2.45, 2.75) is 26.3 Å². The molecule has 1 amide bonds. The van der Waals surface area contributed by atoms with Crippen LogP contribution in [0.5, 0.6) is 11.5 Å². The lowest BCUT2D eigenvalue weighted by molar-refractivity contribution is -0.123. The number of benzene rings is 2. The van der Waals surface area contributed by atoms with Crippen molar-refractivity contribution in [2.75, 3.05) is 26.8 Å². The molecule has 0 aliphatic heterocycles. The van der Waals surface area contributed by atoms with Gasteiger partial charge >= 0.3 is 0 Å². The van der Waals surface area contributed by atoms with Crippen molar-refractivity contribution < 1.29 is 14.3 Å². The van der Waals surface area contributed by atoms with E-state index >= 15 is 0 Å². The molecule has 0 aromatic heterocycles. The Kier molecular flexibility index (Phi) is 11.6. The van der Waals surface area contributed by atoms with Gasteiger partial charge in [0.1, 0.15) is 0 Å². The quantitative estimate of drug-likeness (QED) is 0.484. The molecule has 0 aliphatic rings. The van der Waals surface area contributed by atoms with Gasteiger partial charge in [-0.15, -0.1) is 12.4 Å². The first-order valence-electron chi connectivity index (χ1n) is 9.14. The number of carbonyl (C=O) groups excluding carboxylic acids is 1. The molecule has 0 radical (unpaired) electrons. The normalized spacial score (nSPS) is 10.1. The van der Waals surface area contributed by atoms with Crippen LogP contribution < -0.4 is 20.1 Å². The van der Waals surface area contributed by atoms with Gasteiger partial charge in [-0.05, 0) is 42.6 Å². The maximum atomic E-state index is 12.0. The molecule has 7 heteroatoms. The minimum absolute atomic E-state index is 0. The topological polar surface area (TPSA) is 59.6 Å². The lowest BCUT2D eigenvalue weighted by Gasteiger charge is -2.14. The number of methoxy groups -OCH3 is 1. The number of hydrogen-bond acceptors (Lipinski definition) is 4. The van der Waals surface area contributed by atoms with Crippen molar-refractivity contribution in [1.29, 1.82) is 0 Å². The third kappa shape index (κ3) is 8.09. The van der Waals surface area contributed by atoms with Gasteiger partial charge in [0, 0.05) is 17.6 Å². The highest BCUT2D eigenvalue weighted by Crippen LogP contribution is 2.33. The zero-order valence-corrected chi connectivity index (χ0v) is 18.7. The zero-order valence-electron chi connectivity index (χ0n) is 16.3. The van der Waals surface area contributed by atoms with Crippen molar-refractivity contribution in [3.8, 4) is 11.5 Å². The monoisotopic (exact) mass is 470 g/mol. The Morgan fingerprint density at radius 3 is 2.54 bits per heavy atom. The van der Waals surface area contributed by atoms with Gasteiger partial charge in [-0.25, -0.2) is 0 Å². The first-order chi connectivity index (χ1) is 13.1. The predicted molar refractivity (Wildman–Crippen MR) is 119 cm³/mol. The molecule has 0 bridgehead atoms. The standard InChI is InChI=1S/C21H27BrN2O3.ClH/c1-3-10-23-14-17-12-19(26-2)20(13-18(17)22)27-15-21(25)24-11-9-16-7-5-4-6-8-16;/h4-8,12-13,23H,3,9-11,14-15H2,1-2H3,(H,24,25);1H. The summed E-state index contributed by atoms with van der Waals surface area (Å²) in [6.45, 7) is 4.35. The highest BCUT2D eigenvalue weighted by molar-refractivity contribution is 9.10. The number of rotatable bonds is 11. The summed E-state index contributed by atoms with van der Waals surface area (Å²) < 4.78 is 12.0. The van der Waals surface area contributed by atoms with Gasteiger partial charge in [-0.3, -0.25) is 4.79 Å². The van der Waals surface area contributed by atoms with E-state index in [1.54, 1.807) is 7.11 Å². The summed E-state index contributed by atoms with van der Waals surface area (Å²) in [7, 11) is 1.60. The summed E-state index contributed by atoms with van der Waals surface area (Å²) in [5, 5.41) is 6.23. The highest BCUT2D eigenvalue weighted by Gasteiger charge is 2.12. The van der Waals surface area contributed by atoms with E-state index in [2.05, 4.69) is 33.5 Å². The average molecular weight is 472 g/mol. The van der Waals surface area contributed by atoms with Gasteiger partial charge in [0.15, 0.2) is 18.1 Å². The Hall–Kier alpha value is -1.76. The summed E-state index contributed by atoms with van der Waals surface area (Å²) >= 11 is 3.56. The van der Waals surface area contributed by atoms with Crippen LogP contribution in [0.15, 0.2) is 46.9 Å². The molecule has 154 valence electrons. The van der Waals surface area contributed by atoms with Crippen LogP contribution in [0.25, 0.3) is 0 Å². The van der Waals surface area contributed by atoms with E-state index < -0.39 is 0 Å². The maximum absolute atomic E-state index is 12.0. The second-order valence-electron chi connectivity index (χ2n) is 6.15. The second-order valence-corrected chi connectivity index (χ2v) is 7.00. The minimum Gasteiger partial charge on any atom is -0.493 e. The van der Waals surface area contributed by atoms with Gasteiger partial charge in [0.25, 0.3) is 5.91 Å². The van der Waals surface area contributed by atoms with Crippen LogP contribution in [0.2, 0.25) is 0 Å². The molecule has 28 heavy (non-hydrogen) atoms. The van der Waals surface area contributed by atoms with E-state index in [0.29, 0.717) is 18.0 Å². The fourth-order valence-electron chi connectivity index (χ4n) is 2.57. The number of ether oxygens (including phenoxy) is 2. The van der Waals surface area contributed by atoms with E-state index in [1.807, 2.05) is 42.5 Å². The minimum atomic E-state index is -0.155. The number of hydrogen-bond donors (Lipinski definition) is 2. The highest BCUT2D eigenvalue weighted by atomic mass is 79.9. The molecule has 2 aromatic rings. The molecule has 0 unspecified atom stereocenters. The molecular formula is C21H28BrClN2O3. The van der Waals surface area contributed by atoms with E-state index in [1.165, 1.54) is 5.56 Å². The first-order valence-corrected chi connectivity index (χ1v) is 9.94. The Balaban J connectivity index is 0.00000392. The van der Waals surface area contributed by atoms with Crippen LogP contribution in [0.4, 0.5) is 0 Å². The van der Waals surface area contributed by atoms with Crippen LogP contribution in [-0.2, 0) is 17.8 Å². The lowest BCUT2D eigenvalue weighted by Crippen LogP contribution is -2.30. The number of nitrogens with one attached hydrogen (secondary N) is 2. The molecule has 2 rings (SSSR count). The van der Waals surface area contributed by atoms with Gasteiger partial charge in [-0.1, -0.05) is 53.2 Å². The summed E-state index contributed by atoms with van der Waals surface area (Å²) in [6, 6.07) is 13.8. The molecule has 0 atom stereocenters. The Labute approximate surface area is 181 Å². The van der Waals surface area contributed by atoms with E-state index in [9.17, 15) is 4.79 Å². The lowest BCUT2D eigenvalue weighted by atomic mass is 10.1. The van der Waals surface area contributed by atoms with Crippen LogP contribution in [-0.4, -0.2) is 32.7 Å². The summed E-state index contributed by atoms with van der Waals surface area (Å²) in [4.78, 5) is 12.0. The average Bonchev–Trinajstić information content (AvgIpc) is 2.68. The summed E-state index contributed by atoms with van der Waals surface area (Å²) in [5.74, 6) is 1.00. The first kappa shape index (κ1) is 24.3. The molecule has 2 N–H and O–H groups in total. The van der Waals surface area contributed by atoms with Crippen molar-refractivity contribution in [2.24, 2.45) is 0 Å². The SMILES string of the molecule is CCCNCc1cc(OC)c(OCC(=O)NCCc2ccccc2)cc1Br.Cl. The van der Waals surface area contributed by atoms with Gasteiger partial charge < -0.3 is 20.1 Å². The van der Waals surface area contributed by atoms with Gasteiger partial charge in [0.05, 0.1) is 7.11 Å². The van der Waals surface area contributed by atoms with Crippen LogP contribution in [0.3, 0.4) is 0 Å². The summed E-state index contributed by atoms with van der Waals surface area (Å²) in [6.07, 6.45) is 1.87. The Bertz CT molecular complexity index is 729. The smallest absolute Gasteiger partial charge is 0.257 e. The largest absolute Gasteiger partial charge is 0.493 e. The van der Waals surface area contributed by atoms with Crippen LogP contribution >= 0.6 is 28.3 Å². The van der Waals surface area contributed by atoms with Crippen molar-refractivity contribution >= 4 is 34.2 Å². The summed E-state index contributed by atoms with van der Waals surface area (Å²) in [5.41, 5.74) is 2.27. The Morgan fingerprint density at radius 1 is 1.11 bits per heavy atom. The van der Waals surface area contributed by atoms with E-state index in [-0.39, 0.29) is 24.9 Å². The molecular weight excluding hydrogens is 444 g/mol. The van der Waals surface area contributed by atoms with Crippen molar-refractivity contribution in [3.63, 3.8) is 0 Å². The molecule has 0 saturated heterocycles. The number of carbonyl (C=O) groups is 1. The van der Waals surface area contributed by atoms with E-state index in [0.717, 1.165) is 36.0 Å². The molecule has 2 aromatic carbocycles. The van der Waals surface area contributed by atoms with Crippen molar-refractivity contribution in [3.05, 3.63) is 58.1 Å². The molecule has 0 saturated carbocycles. The predicted octanol–water partition coefficient (Wildman–Crippen LogP) is 4.12. The third-order valence-corrected chi connectivity index (χ3v) is 4.75. The van der Waals surface area contributed by atoms with Crippen LogP contribution in [0, 0.1) is 0 Å². The molecule has 0 spiro atoms. The van der Waals surface area contributed by atoms with Gasteiger partial charge in [-0.2, -0.15) is 0 Å². The fourth-order valence-corrected chi connectivity index (χ4v) is 3.03. The fraction of sp³-hybridized carbons (Fsp3) is 0.381. The number of amides is 1. The van der Waals surface area contributed by atoms with Crippen LogP contribution in [0.1, 0.15) is 24.5 Å². The zero-order chi connectivity index (χ0) is 19.5. The van der Waals surface area contributed by atoms with Gasteiger partial charge in [0.2, 0.25) is 0 Å². The maximum Gasteiger partial charge on any atom is 0.257 e. The van der Waals surface area contributed by atoms with E-state index in [4.69, 9.17) is 9.47 Å². The molecule has 0 fully saturated rings. The molecule has 0 heterocycles. The molecule has 0 aliphatic carbocycles. The Morgan fingerprint density at radius 2 is 1.86 bits per heavy atom. The number of halogens is 2. The molecule has 5 nitrogen and oxygen atoms in total. The second kappa shape index (κ2) is 13.4. The third-order valence-electron chi connectivity index (χ3n) is 4.01. The van der Waals surface area contributed by atoms with Crippen molar-refractivity contribution in [1.82, 2.24) is 10.6 Å².